The second-order valence-corrected chi connectivity index (χ2v) is 8.16. The molecular formula is C17H19NO5S. The smallest absolute Gasteiger partial charge is 0.328 e. The fourth-order valence-electron chi connectivity index (χ4n) is 3.28. The number of carbonyl (C=O) groups is 2. The number of nitrogens with zero attached hydrogens (tertiary/aromatic N) is 1. The van der Waals surface area contributed by atoms with Crippen LogP contribution in [0, 0.1) is 5.92 Å². The highest BCUT2D eigenvalue weighted by Crippen LogP contribution is 2.52. The Morgan fingerprint density at radius 2 is 2.08 bits per heavy atom. The number of esters is 1. The lowest BCUT2D eigenvalue weighted by atomic mass is 10.1. The maximum absolute atomic E-state index is 12.9. The summed E-state index contributed by atoms with van der Waals surface area (Å²) in [4.78, 5) is 26.6. The first-order valence-corrected chi connectivity index (χ1v) is 9.63. The van der Waals surface area contributed by atoms with Gasteiger partial charge in [-0.25, -0.2) is 13.2 Å². The molecule has 0 bridgehead atoms. The SMILES string of the molecule is C=C1[C@@H]2[C@H]1C[C@H](C(=O)OCC)N2C(=O)c1cccc(S(C)(=O)=O)c1. The van der Waals surface area contributed by atoms with Crippen molar-refractivity contribution in [1.29, 1.82) is 0 Å². The number of benzene rings is 1. The molecule has 1 amide bonds. The van der Waals surface area contributed by atoms with Gasteiger partial charge in [0.25, 0.3) is 5.91 Å². The molecule has 1 aliphatic heterocycles. The fourth-order valence-corrected chi connectivity index (χ4v) is 3.95. The Kier molecular flexibility index (Phi) is 3.99. The fraction of sp³-hybridized carbons (Fsp3) is 0.412. The van der Waals surface area contributed by atoms with E-state index in [-0.39, 0.29) is 34.9 Å². The first kappa shape index (κ1) is 16.7. The number of carbonyl (C=O) groups excluding carboxylic acids is 2. The van der Waals surface area contributed by atoms with Crippen molar-refractivity contribution in [2.45, 2.75) is 30.3 Å². The molecule has 24 heavy (non-hydrogen) atoms. The molecule has 0 aromatic heterocycles. The molecule has 1 aromatic carbocycles. The van der Waals surface area contributed by atoms with Crippen LogP contribution in [0.2, 0.25) is 0 Å². The van der Waals surface area contributed by atoms with Crippen molar-refractivity contribution in [3.63, 3.8) is 0 Å². The average Bonchev–Trinajstić information content (AvgIpc) is 2.97. The summed E-state index contributed by atoms with van der Waals surface area (Å²) in [5, 5.41) is 0. The van der Waals surface area contributed by atoms with Crippen molar-refractivity contribution < 1.29 is 22.7 Å². The number of likely N-dealkylation sites (tertiary alicyclic amines) is 1. The highest BCUT2D eigenvalue weighted by Gasteiger charge is 2.59. The number of fused-ring (bicyclic) bond motifs is 1. The molecule has 1 saturated carbocycles. The summed E-state index contributed by atoms with van der Waals surface area (Å²) >= 11 is 0. The minimum absolute atomic E-state index is 0.0754. The Morgan fingerprint density at radius 3 is 2.71 bits per heavy atom. The van der Waals surface area contributed by atoms with E-state index in [1.54, 1.807) is 13.0 Å². The van der Waals surface area contributed by atoms with Gasteiger partial charge in [-0.2, -0.15) is 0 Å². The summed E-state index contributed by atoms with van der Waals surface area (Å²) in [5.74, 6) is -0.670. The van der Waals surface area contributed by atoms with Gasteiger partial charge in [0.15, 0.2) is 9.84 Å². The molecule has 0 N–H and O–H groups in total. The van der Waals surface area contributed by atoms with Gasteiger partial charge in [-0.1, -0.05) is 12.6 Å². The Bertz CT molecular complexity index is 829. The monoisotopic (exact) mass is 349 g/mol. The van der Waals surface area contributed by atoms with E-state index in [1.165, 1.54) is 23.1 Å². The minimum Gasteiger partial charge on any atom is -0.464 e. The quantitative estimate of drug-likeness (QED) is 0.607. The van der Waals surface area contributed by atoms with E-state index in [9.17, 15) is 18.0 Å². The van der Waals surface area contributed by atoms with Crippen LogP contribution in [-0.2, 0) is 19.4 Å². The van der Waals surface area contributed by atoms with E-state index in [0.29, 0.717) is 6.42 Å². The predicted octanol–water partition coefficient (Wildman–Crippen LogP) is 1.42. The molecular weight excluding hydrogens is 330 g/mol. The molecule has 128 valence electrons. The molecule has 3 rings (SSSR count). The number of hydrogen-bond donors (Lipinski definition) is 0. The van der Waals surface area contributed by atoms with Crippen LogP contribution in [-0.4, -0.2) is 50.1 Å². The molecule has 0 spiro atoms. The third-order valence-electron chi connectivity index (χ3n) is 4.54. The van der Waals surface area contributed by atoms with Crippen molar-refractivity contribution in [1.82, 2.24) is 4.90 Å². The molecule has 0 radical (unpaired) electrons. The van der Waals surface area contributed by atoms with Crippen LogP contribution in [0.5, 0.6) is 0 Å². The molecule has 7 heteroatoms. The maximum Gasteiger partial charge on any atom is 0.328 e. The van der Waals surface area contributed by atoms with Gasteiger partial charge in [0, 0.05) is 17.7 Å². The zero-order chi connectivity index (χ0) is 17.6. The van der Waals surface area contributed by atoms with Crippen LogP contribution in [0.25, 0.3) is 0 Å². The average molecular weight is 349 g/mol. The Labute approximate surface area is 141 Å². The van der Waals surface area contributed by atoms with Gasteiger partial charge in [0.1, 0.15) is 6.04 Å². The summed E-state index contributed by atoms with van der Waals surface area (Å²) in [5.41, 5.74) is 1.18. The number of hydrogen-bond acceptors (Lipinski definition) is 5. The Morgan fingerprint density at radius 1 is 1.38 bits per heavy atom. The summed E-state index contributed by atoms with van der Waals surface area (Å²) in [6, 6.07) is 5.07. The van der Waals surface area contributed by atoms with Crippen molar-refractivity contribution >= 4 is 21.7 Å². The number of sulfone groups is 1. The lowest BCUT2D eigenvalue weighted by molar-refractivity contribution is -0.148. The second-order valence-electron chi connectivity index (χ2n) is 6.14. The van der Waals surface area contributed by atoms with E-state index < -0.39 is 21.8 Å². The molecule has 3 atom stereocenters. The number of ether oxygens (including phenoxy) is 1. The van der Waals surface area contributed by atoms with Gasteiger partial charge in [0.2, 0.25) is 0 Å². The van der Waals surface area contributed by atoms with E-state index in [4.69, 9.17) is 4.74 Å². The van der Waals surface area contributed by atoms with Crippen LogP contribution in [0.15, 0.2) is 41.3 Å². The zero-order valence-electron chi connectivity index (χ0n) is 13.6. The van der Waals surface area contributed by atoms with Crippen molar-refractivity contribution in [3.8, 4) is 0 Å². The standard InChI is InChI=1S/C17H19NO5S/c1-4-23-17(20)14-9-13-10(2)15(13)18(14)16(19)11-6-5-7-12(8-11)24(3,21)22/h5-8,13-15H,2,4,9H2,1,3H3/t13-,14+,15+/m0/s1. The lowest BCUT2D eigenvalue weighted by Gasteiger charge is -2.26. The number of amides is 1. The van der Waals surface area contributed by atoms with E-state index in [1.807, 2.05) is 0 Å². The van der Waals surface area contributed by atoms with Crippen LogP contribution in [0.3, 0.4) is 0 Å². The summed E-state index contributed by atoms with van der Waals surface area (Å²) in [6.07, 6.45) is 1.60. The molecule has 2 aliphatic rings. The van der Waals surface area contributed by atoms with Crippen molar-refractivity contribution in [2.75, 3.05) is 12.9 Å². The molecule has 6 nitrogen and oxygen atoms in total. The second kappa shape index (κ2) is 5.73. The van der Waals surface area contributed by atoms with Gasteiger partial charge in [0.05, 0.1) is 17.5 Å². The molecule has 1 aliphatic carbocycles. The van der Waals surface area contributed by atoms with Gasteiger partial charge in [-0.3, -0.25) is 4.79 Å². The summed E-state index contributed by atoms with van der Waals surface area (Å²) in [6.45, 7) is 5.90. The van der Waals surface area contributed by atoms with Crippen LogP contribution in [0.4, 0.5) is 0 Å². The largest absolute Gasteiger partial charge is 0.464 e. The zero-order valence-corrected chi connectivity index (χ0v) is 14.4. The Balaban J connectivity index is 1.92. The first-order valence-electron chi connectivity index (χ1n) is 7.73. The van der Waals surface area contributed by atoms with Crippen molar-refractivity contribution in [2.24, 2.45) is 5.92 Å². The van der Waals surface area contributed by atoms with E-state index in [0.717, 1.165) is 11.8 Å². The highest BCUT2D eigenvalue weighted by atomic mass is 32.2. The first-order chi connectivity index (χ1) is 11.3. The molecule has 1 heterocycles. The minimum atomic E-state index is -3.41. The van der Waals surface area contributed by atoms with Gasteiger partial charge < -0.3 is 9.64 Å². The normalized spacial score (nSPS) is 25.3. The third kappa shape index (κ3) is 2.73. The van der Waals surface area contributed by atoms with Gasteiger partial charge in [-0.15, -0.1) is 0 Å². The summed E-state index contributed by atoms with van der Waals surface area (Å²) in [7, 11) is -3.41. The highest BCUT2D eigenvalue weighted by molar-refractivity contribution is 7.90. The van der Waals surface area contributed by atoms with Crippen LogP contribution < -0.4 is 0 Å². The maximum atomic E-state index is 12.9. The van der Waals surface area contributed by atoms with E-state index >= 15 is 0 Å². The lowest BCUT2D eigenvalue weighted by Crippen LogP contribution is -2.44. The molecule has 2 fully saturated rings. The van der Waals surface area contributed by atoms with Crippen LogP contribution in [0.1, 0.15) is 23.7 Å². The molecule has 1 saturated heterocycles. The van der Waals surface area contributed by atoms with Crippen LogP contribution >= 0.6 is 0 Å². The number of piperidine rings is 1. The van der Waals surface area contributed by atoms with Crippen molar-refractivity contribution in [3.05, 3.63) is 42.0 Å². The molecule has 0 unspecified atom stereocenters. The molecule has 1 aromatic rings. The Hall–Kier alpha value is -2.15. The number of rotatable bonds is 4. The summed E-state index contributed by atoms with van der Waals surface area (Å²) < 4.78 is 28.5. The van der Waals surface area contributed by atoms with Gasteiger partial charge in [-0.05, 0) is 37.1 Å². The third-order valence-corrected chi connectivity index (χ3v) is 5.65. The topological polar surface area (TPSA) is 80.8 Å². The predicted molar refractivity (Wildman–Crippen MR) is 87.2 cm³/mol. The van der Waals surface area contributed by atoms with E-state index in [2.05, 4.69) is 6.58 Å². The van der Waals surface area contributed by atoms with Gasteiger partial charge >= 0.3 is 5.97 Å².